The molecule has 0 aliphatic carbocycles. The molecule has 0 radical (unpaired) electrons. The number of nitrogens with one attached hydrogen (secondary N) is 2. The van der Waals surface area contributed by atoms with Crippen molar-refractivity contribution in [3.63, 3.8) is 0 Å². The van der Waals surface area contributed by atoms with Crippen LogP contribution in [0.2, 0.25) is 0 Å². The van der Waals surface area contributed by atoms with Crippen molar-refractivity contribution in [2.24, 2.45) is 0 Å². The molecule has 4 aromatic heterocycles. The average molecular weight is 439 g/mol. The maximum atomic E-state index is 5.42. The van der Waals surface area contributed by atoms with Crippen LogP contribution >= 0.6 is 0 Å². The SMILES string of the molecule is c1cnc2ccc(Cn3nnc4ncc(Nc5ccnc(NC6CCOC6)c5)nc43)cc2c1. The van der Waals surface area contributed by atoms with Crippen molar-refractivity contribution in [2.45, 2.75) is 19.0 Å². The smallest absolute Gasteiger partial charge is 0.221 e. The Morgan fingerprint density at radius 2 is 2.03 bits per heavy atom. The Kier molecular flexibility index (Phi) is 4.96. The molecule has 6 rings (SSSR count). The molecule has 1 aromatic carbocycles. The fourth-order valence-electron chi connectivity index (χ4n) is 3.91. The highest BCUT2D eigenvalue weighted by atomic mass is 16.5. The third-order valence-electron chi connectivity index (χ3n) is 5.54. The molecule has 0 bridgehead atoms. The highest BCUT2D eigenvalue weighted by Crippen LogP contribution is 2.20. The van der Waals surface area contributed by atoms with Gasteiger partial charge in [0.2, 0.25) is 5.65 Å². The fourth-order valence-corrected chi connectivity index (χ4v) is 3.91. The van der Waals surface area contributed by atoms with E-state index in [-0.39, 0.29) is 6.04 Å². The normalized spacial score (nSPS) is 15.8. The summed E-state index contributed by atoms with van der Waals surface area (Å²) in [5.74, 6) is 1.40. The van der Waals surface area contributed by atoms with Gasteiger partial charge in [0.05, 0.1) is 30.9 Å². The predicted molar refractivity (Wildman–Crippen MR) is 124 cm³/mol. The number of nitrogens with zero attached hydrogens (tertiary/aromatic N) is 7. The quantitative estimate of drug-likeness (QED) is 0.411. The van der Waals surface area contributed by atoms with Crippen LogP contribution in [-0.4, -0.2) is 54.2 Å². The van der Waals surface area contributed by atoms with Crippen molar-refractivity contribution in [1.82, 2.24) is 34.9 Å². The van der Waals surface area contributed by atoms with Crippen molar-refractivity contribution in [1.29, 1.82) is 0 Å². The van der Waals surface area contributed by atoms with Gasteiger partial charge in [0.25, 0.3) is 0 Å². The Hall–Kier alpha value is -4.18. The Labute approximate surface area is 189 Å². The number of ether oxygens (including phenoxy) is 1. The van der Waals surface area contributed by atoms with Crippen LogP contribution in [0.4, 0.5) is 17.3 Å². The van der Waals surface area contributed by atoms with E-state index in [9.17, 15) is 0 Å². The Bertz CT molecular complexity index is 1430. The summed E-state index contributed by atoms with van der Waals surface area (Å²) in [6.07, 6.45) is 6.18. The number of benzene rings is 1. The highest BCUT2D eigenvalue weighted by Gasteiger charge is 2.16. The zero-order chi connectivity index (χ0) is 22.0. The van der Waals surface area contributed by atoms with Gasteiger partial charge in [-0.15, -0.1) is 5.10 Å². The van der Waals surface area contributed by atoms with Crippen molar-refractivity contribution < 1.29 is 4.74 Å². The molecule has 1 saturated heterocycles. The summed E-state index contributed by atoms with van der Waals surface area (Å²) in [5, 5.41) is 16.2. The maximum Gasteiger partial charge on any atom is 0.221 e. The zero-order valence-electron chi connectivity index (χ0n) is 17.7. The number of aromatic nitrogens is 7. The summed E-state index contributed by atoms with van der Waals surface area (Å²) in [6, 6.07) is 14.3. The Morgan fingerprint density at radius 3 is 2.97 bits per heavy atom. The third-order valence-corrected chi connectivity index (χ3v) is 5.54. The van der Waals surface area contributed by atoms with Gasteiger partial charge in [-0.2, -0.15) is 0 Å². The number of hydrogen-bond acceptors (Lipinski definition) is 9. The molecule has 0 saturated carbocycles. The molecule has 33 heavy (non-hydrogen) atoms. The van der Waals surface area contributed by atoms with Crippen molar-refractivity contribution in [3.8, 4) is 0 Å². The third kappa shape index (κ3) is 4.15. The molecule has 10 nitrogen and oxygen atoms in total. The minimum atomic E-state index is 0.287. The molecule has 1 atom stereocenters. The van der Waals surface area contributed by atoms with Crippen LogP contribution in [-0.2, 0) is 11.3 Å². The summed E-state index contributed by atoms with van der Waals surface area (Å²) in [6.45, 7) is 2.02. The van der Waals surface area contributed by atoms with Crippen molar-refractivity contribution in [3.05, 3.63) is 66.6 Å². The van der Waals surface area contributed by atoms with E-state index in [0.29, 0.717) is 30.3 Å². The fraction of sp³-hybridized carbons (Fsp3) is 0.217. The number of fused-ring (bicyclic) bond motifs is 2. The van der Waals surface area contributed by atoms with E-state index in [1.807, 2.05) is 36.4 Å². The molecule has 5 aromatic rings. The molecule has 1 fully saturated rings. The molecular weight excluding hydrogens is 418 g/mol. The zero-order valence-corrected chi connectivity index (χ0v) is 17.7. The van der Waals surface area contributed by atoms with Crippen LogP contribution in [0.5, 0.6) is 0 Å². The first-order valence-electron chi connectivity index (χ1n) is 10.8. The Morgan fingerprint density at radius 1 is 1.03 bits per heavy atom. The first kappa shape index (κ1) is 19.5. The van der Waals surface area contributed by atoms with E-state index in [1.165, 1.54) is 0 Å². The van der Waals surface area contributed by atoms with Crippen molar-refractivity contribution in [2.75, 3.05) is 23.8 Å². The van der Waals surface area contributed by atoms with Crippen LogP contribution in [0.3, 0.4) is 0 Å². The molecule has 2 N–H and O–H groups in total. The van der Waals surface area contributed by atoms with Crippen LogP contribution in [0.1, 0.15) is 12.0 Å². The summed E-state index contributed by atoms with van der Waals surface area (Å²) < 4.78 is 7.18. The minimum absolute atomic E-state index is 0.287. The first-order valence-corrected chi connectivity index (χ1v) is 10.8. The molecule has 10 heteroatoms. The van der Waals surface area contributed by atoms with Gasteiger partial charge in [0.1, 0.15) is 5.82 Å². The highest BCUT2D eigenvalue weighted by molar-refractivity contribution is 5.79. The number of hydrogen-bond donors (Lipinski definition) is 2. The minimum Gasteiger partial charge on any atom is -0.379 e. The van der Waals surface area contributed by atoms with E-state index in [4.69, 9.17) is 9.72 Å². The van der Waals surface area contributed by atoms with Gasteiger partial charge in [-0.05, 0) is 36.2 Å². The predicted octanol–water partition coefficient (Wildman–Crippen LogP) is 3.16. The Balaban J connectivity index is 1.23. The van der Waals surface area contributed by atoms with Gasteiger partial charge < -0.3 is 15.4 Å². The molecule has 1 aliphatic rings. The van der Waals surface area contributed by atoms with E-state index in [0.717, 1.165) is 41.0 Å². The van der Waals surface area contributed by atoms with Crippen LogP contribution in [0.25, 0.3) is 22.2 Å². The topological polar surface area (TPSA) is 116 Å². The molecule has 0 amide bonds. The molecule has 1 aliphatic heterocycles. The molecular formula is C23H21N9O. The molecule has 164 valence electrons. The van der Waals surface area contributed by atoms with E-state index in [1.54, 1.807) is 23.3 Å². The largest absolute Gasteiger partial charge is 0.379 e. The molecule has 1 unspecified atom stereocenters. The van der Waals surface area contributed by atoms with Gasteiger partial charge in [-0.3, -0.25) is 4.98 Å². The summed E-state index contributed by atoms with van der Waals surface area (Å²) >= 11 is 0. The van der Waals surface area contributed by atoms with Crippen LogP contribution in [0.15, 0.2) is 61.1 Å². The van der Waals surface area contributed by atoms with E-state index >= 15 is 0 Å². The van der Waals surface area contributed by atoms with Gasteiger partial charge in [-0.25, -0.2) is 19.6 Å². The number of rotatable bonds is 6. The number of pyridine rings is 2. The average Bonchev–Trinajstić information content (AvgIpc) is 3.49. The lowest BCUT2D eigenvalue weighted by atomic mass is 10.1. The summed E-state index contributed by atoms with van der Waals surface area (Å²) in [5.41, 5.74) is 4.02. The molecule has 5 heterocycles. The second-order valence-corrected chi connectivity index (χ2v) is 7.94. The summed E-state index contributed by atoms with van der Waals surface area (Å²) in [4.78, 5) is 17.9. The second kappa shape index (κ2) is 8.40. The monoisotopic (exact) mass is 439 g/mol. The second-order valence-electron chi connectivity index (χ2n) is 7.94. The molecule has 0 spiro atoms. The van der Waals surface area contributed by atoms with Gasteiger partial charge in [0, 0.05) is 36.1 Å². The van der Waals surface area contributed by atoms with Crippen molar-refractivity contribution >= 4 is 39.5 Å². The van der Waals surface area contributed by atoms with Gasteiger partial charge in [-0.1, -0.05) is 17.3 Å². The van der Waals surface area contributed by atoms with Gasteiger partial charge >= 0.3 is 0 Å². The number of anilines is 3. The van der Waals surface area contributed by atoms with Crippen LogP contribution < -0.4 is 10.6 Å². The lowest BCUT2D eigenvalue weighted by Gasteiger charge is -2.12. The van der Waals surface area contributed by atoms with E-state index < -0.39 is 0 Å². The lowest BCUT2D eigenvalue weighted by molar-refractivity contribution is 0.195. The lowest BCUT2D eigenvalue weighted by Crippen LogP contribution is -2.19. The van der Waals surface area contributed by atoms with Gasteiger partial charge in [0.15, 0.2) is 11.5 Å². The summed E-state index contributed by atoms with van der Waals surface area (Å²) in [7, 11) is 0. The first-order chi connectivity index (χ1) is 16.3. The van der Waals surface area contributed by atoms with Crippen LogP contribution in [0, 0.1) is 0 Å². The van der Waals surface area contributed by atoms with E-state index in [2.05, 4.69) is 42.0 Å². The standard InChI is InChI=1S/C23H21N9O/c1-2-16-10-15(3-4-19(16)24-7-1)13-32-23-22(30-31-32)26-12-21(29-23)27-17-5-8-25-20(11-17)28-18-6-9-33-14-18/h1-5,7-8,10-12,18H,6,9,13-14H2,(H2,25,27,28,29). The maximum absolute atomic E-state index is 5.42.